The topological polar surface area (TPSA) is 50.5 Å². The van der Waals surface area contributed by atoms with Crippen LogP contribution in [0.2, 0.25) is 0 Å². The Balaban J connectivity index is 0.00000136. The molecule has 2 aromatic rings. The molecule has 4 nitrogen and oxygen atoms in total. The van der Waals surface area contributed by atoms with E-state index >= 15 is 0 Å². The van der Waals surface area contributed by atoms with Crippen molar-refractivity contribution in [1.29, 1.82) is 0 Å². The minimum Gasteiger partial charge on any atom is -0.422 e. The van der Waals surface area contributed by atoms with Crippen LogP contribution >= 0.6 is 0 Å². The first-order chi connectivity index (χ1) is 13.6. The molecule has 0 spiro atoms. The zero-order valence-electron chi connectivity index (χ0n) is 17.2. The lowest BCUT2D eigenvalue weighted by atomic mass is 10.0. The molecule has 4 heteroatoms. The molecular formula is C24H29NO3. The Morgan fingerprint density at radius 2 is 1.89 bits per heavy atom. The van der Waals surface area contributed by atoms with Gasteiger partial charge in [-0.1, -0.05) is 32.1 Å². The van der Waals surface area contributed by atoms with Crippen molar-refractivity contribution >= 4 is 28.5 Å². The first-order valence-electron chi connectivity index (χ1n) is 10.0. The minimum absolute atomic E-state index is 0.0997. The summed E-state index contributed by atoms with van der Waals surface area (Å²) in [7, 11) is 0. The third kappa shape index (κ3) is 5.10. The molecule has 1 aliphatic carbocycles. The Morgan fingerprint density at radius 3 is 2.54 bits per heavy atom. The lowest BCUT2D eigenvalue weighted by Gasteiger charge is -2.20. The molecule has 0 atom stereocenters. The summed E-state index contributed by atoms with van der Waals surface area (Å²) >= 11 is 0. The first kappa shape index (κ1) is 21.4. The molecule has 1 aromatic heterocycles. The Bertz CT molecular complexity index is 959. The number of ketones is 1. The highest BCUT2D eigenvalue weighted by Gasteiger charge is 2.09. The van der Waals surface area contributed by atoms with Crippen molar-refractivity contribution in [3.8, 4) is 0 Å². The molecule has 0 saturated heterocycles. The molecule has 3 rings (SSSR count). The van der Waals surface area contributed by atoms with Crippen LogP contribution in [0.15, 0.2) is 63.4 Å². The summed E-state index contributed by atoms with van der Waals surface area (Å²) in [5, 5.41) is 0.837. The van der Waals surface area contributed by atoms with Crippen molar-refractivity contribution in [2.75, 3.05) is 18.0 Å². The number of benzene rings is 1. The van der Waals surface area contributed by atoms with Crippen LogP contribution in [-0.4, -0.2) is 18.9 Å². The smallest absolute Gasteiger partial charge is 0.343 e. The summed E-state index contributed by atoms with van der Waals surface area (Å²) in [6, 6.07) is 7.62. The highest BCUT2D eigenvalue weighted by Crippen LogP contribution is 2.22. The molecule has 0 N–H and O–H groups in total. The summed E-state index contributed by atoms with van der Waals surface area (Å²) < 4.78 is 5.48. The van der Waals surface area contributed by atoms with E-state index in [0.29, 0.717) is 16.7 Å². The van der Waals surface area contributed by atoms with E-state index in [-0.39, 0.29) is 5.78 Å². The maximum atomic E-state index is 12.3. The highest BCUT2D eigenvalue weighted by molar-refractivity contribution is 6.08. The van der Waals surface area contributed by atoms with Gasteiger partial charge in [-0.2, -0.15) is 0 Å². The van der Waals surface area contributed by atoms with Gasteiger partial charge in [0.05, 0.1) is 5.56 Å². The summed E-state index contributed by atoms with van der Waals surface area (Å²) in [4.78, 5) is 26.7. The van der Waals surface area contributed by atoms with E-state index < -0.39 is 5.63 Å². The molecule has 148 valence electrons. The van der Waals surface area contributed by atoms with Crippen LogP contribution in [0.1, 0.15) is 46.1 Å². The number of carbonyl (C=O) groups is 1. The van der Waals surface area contributed by atoms with Crippen LogP contribution in [0.3, 0.4) is 0 Å². The van der Waals surface area contributed by atoms with E-state index in [2.05, 4.69) is 18.7 Å². The predicted molar refractivity (Wildman–Crippen MR) is 118 cm³/mol. The van der Waals surface area contributed by atoms with Crippen molar-refractivity contribution in [2.24, 2.45) is 0 Å². The standard InChI is InChI=1S/C22H23NO3.C2H6/c1-3-23(4-2)19-12-10-17-14-18(22(25)26-21(17)15-19)11-13-20(24)16-8-6-5-7-9-16;1-2/h6,8-15H,3-5,7H2,1-2H3;1-2H3/b13-11+;. The van der Waals surface area contributed by atoms with E-state index in [1.807, 2.05) is 50.3 Å². The van der Waals surface area contributed by atoms with Gasteiger partial charge >= 0.3 is 5.63 Å². The summed E-state index contributed by atoms with van der Waals surface area (Å²) in [5.74, 6) is -0.0997. The van der Waals surface area contributed by atoms with Crippen molar-refractivity contribution in [1.82, 2.24) is 0 Å². The van der Waals surface area contributed by atoms with Crippen molar-refractivity contribution < 1.29 is 9.21 Å². The quantitative estimate of drug-likeness (QED) is 0.489. The van der Waals surface area contributed by atoms with Gasteiger partial charge in [-0.05, 0) is 57.0 Å². The van der Waals surface area contributed by atoms with E-state index in [1.165, 1.54) is 12.2 Å². The van der Waals surface area contributed by atoms with Gasteiger partial charge in [0, 0.05) is 35.8 Å². The van der Waals surface area contributed by atoms with Crippen LogP contribution in [0.4, 0.5) is 5.69 Å². The number of rotatable bonds is 6. The second-order valence-corrected chi connectivity index (χ2v) is 6.22. The molecule has 0 radical (unpaired) electrons. The van der Waals surface area contributed by atoms with Crippen LogP contribution < -0.4 is 10.5 Å². The minimum atomic E-state index is -0.439. The maximum absolute atomic E-state index is 12.3. The van der Waals surface area contributed by atoms with Crippen LogP contribution in [0.25, 0.3) is 17.0 Å². The molecule has 0 fully saturated rings. The number of hydrogen-bond acceptors (Lipinski definition) is 4. The summed E-state index contributed by atoms with van der Waals surface area (Å²) in [5.41, 5.74) is 2.19. The van der Waals surface area contributed by atoms with Gasteiger partial charge in [0.2, 0.25) is 0 Å². The molecule has 1 heterocycles. The lowest BCUT2D eigenvalue weighted by Crippen LogP contribution is -2.21. The van der Waals surface area contributed by atoms with Gasteiger partial charge in [0.15, 0.2) is 5.78 Å². The third-order valence-corrected chi connectivity index (χ3v) is 4.57. The Labute approximate surface area is 166 Å². The third-order valence-electron chi connectivity index (χ3n) is 4.57. The van der Waals surface area contributed by atoms with Crippen LogP contribution in [0, 0.1) is 0 Å². The molecular weight excluding hydrogens is 350 g/mol. The lowest BCUT2D eigenvalue weighted by molar-refractivity contribution is -0.111. The van der Waals surface area contributed by atoms with Crippen molar-refractivity contribution in [3.05, 3.63) is 70.1 Å². The Kier molecular flexibility index (Phi) is 8.00. The van der Waals surface area contributed by atoms with Gasteiger partial charge in [-0.3, -0.25) is 4.79 Å². The fraction of sp³-hybridized carbons (Fsp3) is 0.333. The predicted octanol–water partition coefficient (Wildman–Crippen LogP) is 5.52. The Hall–Kier alpha value is -2.88. The molecule has 0 unspecified atom stereocenters. The van der Waals surface area contributed by atoms with Crippen molar-refractivity contribution in [2.45, 2.75) is 40.5 Å². The highest BCUT2D eigenvalue weighted by atomic mass is 16.4. The molecule has 1 aromatic carbocycles. The number of carbonyl (C=O) groups excluding carboxylic acids is 1. The summed E-state index contributed by atoms with van der Waals surface area (Å²) in [6.07, 6.45) is 10.5. The molecule has 0 aliphatic heterocycles. The van der Waals surface area contributed by atoms with Gasteiger partial charge in [-0.15, -0.1) is 0 Å². The van der Waals surface area contributed by atoms with Gasteiger partial charge < -0.3 is 9.32 Å². The number of nitrogens with zero attached hydrogens (tertiary/aromatic N) is 1. The molecule has 1 aliphatic rings. The second-order valence-electron chi connectivity index (χ2n) is 6.22. The largest absolute Gasteiger partial charge is 0.422 e. The van der Waals surface area contributed by atoms with Crippen LogP contribution in [0.5, 0.6) is 0 Å². The fourth-order valence-corrected chi connectivity index (χ4v) is 3.08. The van der Waals surface area contributed by atoms with E-state index in [4.69, 9.17) is 4.42 Å². The summed E-state index contributed by atoms with van der Waals surface area (Å²) in [6.45, 7) is 9.95. The van der Waals surface area contributed by atoms with E-state index in [0.717, 1.165) is 37.0 Å². The zero-order valence-corrected chi connectivity index (χ0v) is 17.2. The molecule has 28 heavy (non-hydrogen) atoms. The van der Waals surface area contributed by atoms with Crippen molar-refractivity contribution in [3.63, 3.8) is 0 Å². The molecule has 0 amide bonds. The monoisotopic (exact) mass is 379 g/mol. The molecule has 0 bridgehead atoms. The normalized spacial score (nSPS) is 13.2. The van der Waals surface area contributed by atoms with Gasteiger partial charge in [0.25, 0.3) is 0 Å². The maximum Gasteiger partial charge on any atom is 0.343 e. The number of fused-ring (bicyclic) bond motifs is 1. The van der Waals surface area contributed by atoms with E-state index in [9.17, 15) is 9.59 Å². The fourth-order valence-electron chi connectivity index (χ4n) is 3.08. The Morgan fingerprint density at radius 1 is 1.14 bits per heavy atom. The van der Waals surface area contributed by atoms with Gasteiger partial charge in [-0.25, -0.2) is 4.79 Å². The van der Waals surface area contributed by atoms with Crippen LogP contribution in [-0.2, 0) is 4.79 Å². The average Bonchev–Trinajstić information content (AvgIpc) is 2.75. The zero-order chi connectivity index (χ0) is 20.5. The SMILES string of the molecule is CC.CCN(CC)c1ccc2cc(/C=C/C(=O)C3=CCCC=C3)c(=O)oc2c1. The second kappa shape index (κ2) is 10.5. The average molecular weight is 380 g/mol. The molecule has 0 saturated carbocycles. The number of hydrogen-bond donors (Lipinski definition) is 0. The van der Waals surface area contributed by atoms with E-state index in [1.54, 1.807) is 6.07 Å². The first-order valence-corrected chi connectivity index (χ1v) is 10.0. The van der Waals surface area contributed by atoms with Gasteiger partial charge in [0.1, 0.15) is 5.58 Å². The number of allylic oxidation sites excluding steroid dienone is 5. The number of anilines is 1.